The second-order valence-corrected chi connectivity index (χ2v) is 6.52. The van der Waals surface area contributed by atoms with Gasteiger partial charge >= 0.3 is 0 Å². The molecule has 2 aromatic heterocycles. The number of nitrogens with one attached hydrogen (secondary N) is 1. The number of pyridine rings is 2. The summed E-state index contributed by atoms with van der Waals surface area (Å²) in [6, 6.07) is 23.2. The number of nitrogens with zero attached hydrogens (tertiary/aromatic N) is 2. The van der Waals surface area contributed by atoms with E-state index in [1.54, 1.807) is 12.4 Å². The molecular weight excluding hydrogens is 360 g/mol. The Bertz CT molecular complexity index is 1170. The van der Waals surface area contributed by atoms with Crippen LogP contribution in [0.2, 0.25) is 0 Å². The molecule has 0 aliphatic carbocycles. The van der Waals surface area contributed by atoms with Gasteiger partial charge in [0.05, 0.1) is 11.2 Å². The van der Waals surface area contributed by atoms with Crippen LogP contribution in [0.1, 0.15) is 16.8 Å². The normalized spacial score (nSPS) is 11.7. The van der Waals surface area contributed by atoms with Crippen LogP contribution in [0.15, 0.2) is 85.2 Å². The van der Waals surface area contributed by atoms with Crippen LogP contribution in [0.5, 0.6) is 5.75 Å². The highest BCUT2D eigenvalue weighted by atomic mass is 16.5. The van der Waals surface area contributed by atoms with Gasteiger partial charge in [-0.15, -0.1) is 0 Å². The van der Waals surface area contributed by atoms with Crippen LogP contribution in [-0.2, 0) is 6.61 Å². The molecule has 5 nitrogen and oxygen atoms in total. The Morgan fingerprint density at radius 1 is 0.897 bits per heavy atom. The number of fused-ring (bicyclic) bond motifs is 1. The molecule has 0 fully saturated rings. The van der Waals surface area contributed by atoms with E-state index >= 15 is 0 Å². The van der Waals surface area contributed by atoms with Crippen molar-refractivity contribution < 1.29 is 4.74 Å². The standard InChI is InChI=1S/C24H20N4O/c25-15-22(17-11-13-27-14-12-17)24(26)19-6-9-21(10-7-19)29-16-20-8-5-18-3-1-2-4-23(18)28-20/h1-15,25H,16,26H2. The van der Waals surface area contributed by atoms with E-state index in [9.17, 15) is 0 Å². The van der Waals surface area contributed by atoms with E-state index in [1.165, 1.54) is 6.21 Å². The van der Waals surface area contributed by atoms with Gasteiger partial charge in [0, 0.05) is 35.3 Å². The third-order valence-electron chi connectivity index (χ3n) is 4.63. The molecule has 0 saturated carbocycles. The maximum absolute atomic E-state index is 7.72. The number of hydrogen-bond donors (Lipinski definition) is 2. The Labute approximate surface area is 169 Å². The molecule has 29 heavy (non-hydrogen) atoms. The van der Waals surface area contributed by atoms with Gasteiger partial charge in [0.1, 0.15) is 12.4 Å². The minimum absolute atomic E-state index is 0.387. The smallest absolute Gasteiger partial charge is 0.130 e. The first-order valence-corrected chi connectivity index (χ1v) is 9.23. The Morgan fingerprint density at radius 2 is 1.66 bits per heavy atom. The average molecular weight is 380 g/mol. The fourth-order valence-corrected chi connectivity index (χ4v) is 3.08. The fraction of sp³-hybridized carbons (Fsp3) is 0.0417. The van der Waals surface area contributed by atoms with Gasteiger partial charge < -0.3 is 15.9 Å². The van der Waals surface area contributed by atoms with Crippen molar-refractivity contribution in [1.82, 2.24) is 9.97 Å². The second-order valence-electron chi connectivity index (χ2n) is 6.52. The lowest BCUT2D eigenvalue weighted by Crippen LogP contribution is -2.03. The zero-order chi connectivity index (χ0) is 20.1. The summed E-state index contributed by atoms with van der Waals surface area (Å²) in [5.74, 6) is 0.733. The number of ether oxygens (including phenoxy) is 1. The molecule has 3 N–H and O–H groups in total. The lowest BCUT2D eigenvalue weighted by atomic mass is 10.0. The lowest BCUT2D eigenvalue weighted by molar-refractivity contribution is 0.302. The molecule has 0 aliphatic rings. The van der Waals surface area contributed by atoms with E-state index in [1.807, 2.05) is 72.8 Å². The Hall–Kier alpha value is -3.99. The number of nitrogens with two attached hydrogens (primary N) is 1. The second kappa shape index (κ2) is 8.35. The molecule has 0 bridgehead atoms. The predicted octanol–water partition coefficient (Wildman–Crippen LogP) is 4.69. The highest BCUT2D eigenvalue weighted by molar-refractivity contribution is 6.17. The van der Waals surface area contributed by atoms with E-state index in [-0.39, 0.29) is 0 Å². The van der Waals surface area contributed by atoms with Gasteiger partial charge in [-0.1, -0.05) is 24.3 Å². The van der Waals surface area contributed by atoms with Crippen LogP contribution in [0.4, 0.5) is 0 Å². The van der Waals surface area contributed by atoms with Crippen molar-refractivity contribution in [2.75, 3.05) is 0 Å². The van der Waals surface area contributed by atoms with Crippen LogP contribution in [0.25, 0.3) is 22.2 Å². The van der Waals surface area contributed by atoms with Gasteiger partial charge in [-0.25, -0.2) is 4.98 Å². The first-order valence-electron chi connectivity index (χ1n) is 9.23. The van der Waals surface area contributed by atoms with Crippen molar-refractivity contribution in [2.24, 2.45) is 5.73 Å². The van der Waals surface area contributed by atoms with Crippen molar-refractivity contribution in [3.63, 3.8) is 0 Å². The number of allylic oxidation sites excluding steroid dienone is 1. The average Bonchev–Trinajstić information content (AvgIpc) is 2.79. The molecule has 0 radical (unpaired) electrons. The van der Waals surface area contributed by atoms with Gasteiger partial charge in [-0.3, -0.25) is 4.98 Å². The summed E-state index contributed by atoms with van der Waals surface area (Å²) < 4.78 is 5.87. The summed E-state index contributed by atoms with van der Waals surface area (Å²) in [6.45, 7) is 0.387. The summed E-state index contributed by atoms with van der Waals surface area (Å²) in [5.41, 5.74) is 11.0. The maximum Gasteiger partial charge on any atom is 0.130 e. The molecule has 5 heteroatoms. The number of benzene rings is 2. The van der Waals surface area contributed by atoms with Crippen LogP contribution in [0, 0.1) is 5.41 Å². The molecule has 4 aromatic rings. The summed E-state index contributed by atoms with van der Waals surface area (Å²) in [6.07, 6.45) is 4.63. The molecule has 0 spiro atoms. The highest BCUT2D eigenvalue weighted by Gasteiger charge is 2.07. The largest absolute Gasteiger partial charge is 0.487 e. The topological polar surface area (TPSA) is 84.9 Å². The van der Waals surface area contributed by atoms with Crippen LogP contribution in [0.3, 0.4) is 0 Å². The minimum atomic E-state index is 0.387. The molecule has 0 unspecified atom stereocenters. The Morgan fingerprint density at radius 3 is 2.41 bits per heavy atom. The lowest BCUT2D eigenvalue weighted by Gasteiger charge is -2.10. The van der Waals surface area contributed by atoms with Crippen molar-refractivity contribution in [3.8, 4) is 5.75 Å². The van der Waals surface area contributed by atoms with Crippen LogP contribution in [-0.4, -0.2) is 16.2 Å². The fourth-order valence-electron chi connectivity index (χ4n) is 3.08. The van der Waals surface area contributed by atoms with Crippen LogP contribution < -0.4 is 10.5 Å². The van der Waals surface area contributed by atoms with Crippen molar-refractivity contribution in [2.45, 2.75) is 6.61 Å². The molecule has 142 valence electrons. The SMILES string of the molecule is N=CC(=C(N)c1ccc(OCc2ccc3ccccc3n2)cc1)c1ccncc1. The minimum Gasteiger partial charge on any atom is -0.487 e. The van der Waals surface area contributed by atoms with Gasteiger partial charge in [-0.2, -0.15) is 0 Å². The molecule has 2 heterocycles. The zero-order valence-electron chi connectivity index (χ0n) is 15.7. The van der Waals surface area contributed by atoms with Gasteiger partial charge in [0.2, 0.25) is 0 Å². The Kier molecular flexibility index (Phi) is 5.29. The molecule has 0 saturated heterocycles. The first kappa shape index (κ1) is 18.4. The first-order chi connectivity index (χ1) is 14.2. The summed E-state index contributed by atoms with van der Waals surface area (Å²) in [4.78, 5) is 8.63. The van der Waals surface area contributed by atoms with E-state index in [2.05, 4.69) is 9.97 Å². The van der Waals surface area contributed by atoms with E-state index in [4.69, 9.17) is 15.9 Å². The number of aromatic nitrogens is 2. The summed E-state index contributed by atoms with van der Waals surface area (Å²) >= 11 is 0. The number of hydrogen-bond acceptors (Lipinski definition) is 5. The Balaban J connectivity index is 1.49. The molecule has 4 rings (SSSR count). The number of rotatable bonds is 6. The molecule has 0 aliphatic heterocycles. The zero-order valence-corrected chi connectivity index (χ0v) is 15.7. The van der Waals surface area contributed by atoms with Crippen molar-refractivity contribution in [1.29, 1.82) is 5.41 Å². The monoisotopic (exact) mass is 380 g/mol. The molecule has 0 amide bonds. The van der Waals surface area contributed by atoms with E-state index in [0.717, 1.165) is 33.5 Å². The van der Waals surface area contributed by atoms with Crippen LogP contribution >= 0.6 is 0 Å². The third-order valence-corrected chi connectivity index (χ3v) is 4.63. The quantitative estimate of drug-likeness (QED) is 0.475. The molecule has 2 aromatic carbocycles. The van der Waals surface area contributed by atoms with Gasteiger partial charge in [-0.05, 0) is 59.7 Å². The summed E-state index contributed by atoms with van der Waals surface area (Å²) in [5, 5.41) is 8.83. The molecule has 0 atom stereocenters. The highest BCUT2D eigenvalue weighted by Crippen LogP contribution is 2.23. The predicted molar refractivity (Wildman–Crippen MR) is 117 cm³/mol. The molecular formula is C24H20N4O. The van der Waals surface area contributed by atoms with Crippen molar-refractivity contribution in [3.05, 3.63) is 102 Å². The van der Waals surface area contributed by atoms with Crippen molar-refractivity contribution >= 4 is 28.4 Å². The maximum atomic E-state index is 7.72. The van der Waals surface area contributed by atoms with Gasteiger partial charge in [0.25, 0.3) is 0 Å². The van der Waals surface area contributed by atoms with E-state index in [0.29, 0.717) is 17.9 Å². The number of para-hydroxylation sites is 1. The van der Waals surface area contributed by atoms with Gasteiger partial charge in [0.15, 0.2) is 0 Å². The third kappa shape index (κ3) is 4.14. The summed E-state index contributed by atoms with van der Waals surface area (Å²) in [7, 11) is 0. The van der Waals surface area contributed by atoms with E-state index < -0.39 is 0 Å².